The van der Waals surface area contributed by atoms with E-state index < -0.39 is 20.0 Å². The minimum atomic E-state index is -3.87. The highest BCUT2D eigenvalue weighted by atomic mass is 32.2. The molecule has 0 bridgehead atoms. The van der Waals surface area contributed by atoms with Gasteiger partial charge in [0.15, 0.2) is 0 Å². The third-order valence-corrected chi connectivity index (χ3v) is 7.52. The number of rotatable bonds is 3. The summed E-state index contributed by atoms with van der Waals surface area (Å²) in [7, 11) is -7.62. The first-order chi connectivity index (χ1) is 12.2. The molecule has 2 aliphatic rings. The number of carbonyl (C=O) groups excluding carboxylic acids is 1. The summed E-state index contributed by atoms with van der Waals surface area (Å²) in [6.45, 7) is 2.60. The molecule has 2 heterocycles. The number of sulfonamides is 2. The number of likely N-dealkylation sites (tertiary alicyclic amines) is 1. The normalized spacial score (nSPS) is 19.7. The third kappa shape index (κ3) is 3.85. The number of benzene rings is 1. The predicted octanol–water partition coefficient (Wildman–Crippen LogP) is -0.144. The van der Waals surface area contributed by atoms with E-state index in [-0.39, 0.29) is 28.9 Å². The van der Waals surface area contributed by atoms with Crippen molar-refractivity contribution >= 4 is 26.1 Å². The van der Waals surface area contributed by atoms with Gasteiger partial charge >= 0.3 is 6.03 Å². The maximum absolute atomic E-state index is 12.7. The second-order valence-electron chi connectivity index (χ2n) is 6.38. The number of nitrogens with two attached hydrogens (primary N) is 1. The zero-order chi connectivity index (χ0) is 18.9. The number of piperazine rings is 1. The Bertz CT molecular complexity index is 869. The third-order valence-electron chi connectivity index (χ3n) is 4.68. The summed E-state index contributed by atoms with van der Waals surface area (Å²) >= 11 is 0. The van der Waals surface area contributed by atoms with Crippen molar-refractivity contribution in [1.82, 2.24) is 14.1 Å². The molecule has 3 rings (SSSR count). The predicted molar refractivity (Wildman–Crippen MR) is 94.4 cm³/mol. The van der Waals surface area contributed by atoms with Gasteiger partial charge in [-0.1, -0.05) is 0 Å². The van der Waals surface area contributed by atoms with E-state index in [4.69, 9.17) is 5.14 Å². The summed E-state index contributed by atoms with van der Waals surface area (Å²) < 4.78 is 49.3. The van der Waals surface area contributed by atoms with Crippen molar-refractivity contribution in [3.8, 4) is 0 Å². The molecule has 11 heteroatoms. The molecule has 0 saturated carbocycles. The fourth-order valence-corrected chi connectivity index (χ4v) is 5.12. The van der Waals surface area contributed by atoms with Crippen LogP contribution in [0, 0.1) is 0 Å². The first kappa shape index (κ1) is 19.1. The van der Waals surface area contributed by atoms with Crippen molar-refractivity contribution in [2.75, 3.05) is 39.3 Å². The molecular weight excluding hydrogens is 380 g/mol. The number of primary sulfonamides is 1. The van der Waals surface area contributed by atoms with Gasteiger partial charge < -0.3 is 9.80 Å². The standard InChI is InChI=1S/C15H22N4O5S2/c16-25(21,22)13-3-5-14(6-4-13)26(23,24)19-11-9-18(10-12-19)15(20)17-7-1-2-8-17/h3-6H,1-2,7-12H2,(H2,16,21,22). The lowest BCUT2D eigenvalue weighted by atomic mass is 10.4. The molecule has 2 aliphatic heterocycles. The average Bonchev–Trinajstić information content (AvgIpc) is 3.15. The van der Waals surface area contributed by atoms with E-state index in [1.807, 2.05) is 0 Å². The van der Waals surface area contributed by atoms with Gasteiger partial charge in [-0.05, 0) is 37.1 Å². The van der Waals surface area contributed by atoms with Gasteiger partial charge in [-0.25, -0.2) is 26.8 Å². The average molecular weight is 402 g/mol. The molecule has 2 N–H and O–H groups in total. The van der Waals surface area contributed by atoms with Gasteiger partial charge in [-0.15, -0.1) is 0 Å². The summed E-state index contributed by atoms with van der Waals surface area (Å²) in [5, 5.41) is 5.02. The molecule has 0 atom stereocenters. The highest BCUT2D eigenvalue weighted by Gasteiger charge is 2.32. The Balaban J connectivity index is 1.67. The van der Waals surface area contributed by atoms with Crippen LogP contribution in [0.25, 0.3) is 0 Å². The molecule has 0 aromatic heterocycles. The Morgan fingerprint density at radius 3 is 1.73 bits per heavy atom. The van der Waals surface area contributed by atoms with E-state index in [2.05, 4.69) is 0 Å². The second-order valence-corrected chi connectivity index (χ2v) is 9.88. The van der Waals surface area contributed by atoms with E-state index in [1.54, 1.807) is 9.80 Å². The van der Waals surface area contributed by atoms with Gasteiger partial charge in [0, 0.05) is 39.3 Å². The van der Waals surface area contributed by atoms with Crippen LogP contribution >= 0.6 is 0 Å². The van der Waals surface area contributed by atoms with Crippen molar-refractivity contribution in [3.05, 3.63) is 24.3 Å². The van der Waals surface area contributed by atoms with Crippen LogP contribution in [0.15, 0.2) is 34.1 Å². The van der Waals surface area contributed by atoms with Crippen LogP contribution in [-0.2, 0) is 20.0 Å². The zero-order valence-electron chi connectivity index (χ0n) is 14.2. The van der Waals surface area contributed by atoms with Gasteiger partial charge in [0.2, 0.25) is 20.0 Å². The molecule has 1 aromatic rings. The molecule has 2 fully saturated rings. The molecule has 0 radical (unpaired) electrons. The summed E-state index contributed by atoms with van der Waals surface area (Å²) in [4.78, 5) is 15.7. The SMILES string of the molecule is NS(=O)(=O)c1ccc(S(=O)(=O)N2CCN(C(=O)N3CCCC3)CC2)cc1. The van der Waals surface area contributed by atoms with Crippen molar-refractivity contribution in [1.29, 1.82) is 0 Å². The first-order valence-corrected chi connectivity index (χ1v) is 11.3. The van der Waals surface area contributed by atoms with E-state index in [0.717, 1.165) is 25.9 Å². The minimum absolute atomic E-state index is 0.00391. The Kier molecular flexibility index (Phi) is 5.24. The van der Waals surface area contributed by atoms with Crippen LogP contribution in [0.4, 0.5) is 4.79 Å². The zero-order valence-corrected chi connectivity index (χ0v) is 15.9. The van der Waals surface area contributed by atoms with Gasteiger partial charge in [0.05, 0.1) is 9.79 Å². The Hall–Kier alpha value is -1.69. The number of carbonyl (C=O) groups is 1. The fourth-order valence-electron chi connectivity index (χ4n) is 3.18. The summed E-state index contributed by atoms with van der Waals surface area (Å²) in [5.74, 6) is 0. The minimum Gasteiger partial charge on any atom is -0.325 e. The van der Waals surface area contributed by atoms with Crippen LogP contribution in [-0.4, -0.2) is 76.2 Å². The van der Waals surface area contributed by atoms with Crippen molar-refractivity contribution in [2.24, 2.45) is 5.14 Å². The highest BCUT2D eigenvalue weighted by molar-refractivity contribution is 7.89. The molecule has 0 spiro atoms. The number of hydrogen-bond acceptors (Lipinski definition) is 5. The molecule has 2 amide bonds. The second kappa shape index (κ2) is 7.14. The monoisotopic (exact) mass is 402 g/mol. The summed E-state index contributed by atoms with van der Waals surface area (Å²) in [6.07, 6.45) is 2.02. The van der Waals surface area contributed by atoms with Crippen LogP contribution in [0.2, 0.25) is 0 Å². The van der Waals surface area contributed by atoms with Crippen molar-refractivity contribution in [3.63, 3.8) is 0 Å². The Labute approximate surface area is 153 Å². The van der Waals surface area contributed by atoms with Gasteiger partial charge in [-0.2, -0.15) is 4.31 Å². The van der Waals surface area contributed by atoms with Crippen LogP contribution in [0.5, 0.6) is 0 Å². The van der Waals surface area contributed by atoms with E-state index in [1.165, 1.54) is 28.6 Å². The van der Waals surface area contributed by atoms with E-state index in [0.29, 0.717) is 13.1 Å². The molecule has 26 heavy (non-hydrogen) atoms. The summed E-state index contributed by atoms with van der Waals surface area (Å²) in [5.41, 5.74) is 0. The number of nitrogens with zero attached hydrogens (tertiary/aromatic N) is 3. The molecular formula is C15H22N4O5S2. The van der Waals surface area contributed by atoms with E-state index >= 15 is 0 Å². The van der Waals surface area contributed by atoms with Gasteiger partial charge in [-0.3, -0.25) is 0 Å². The summed E-state index contributed by atoms with van der Waals surface area (Å²) in [6, 6.07) is 4.79. The maximum Gasteiger partial charge on any atom is 0.320 e. The van der Waals surface area contributed by atoms with Gasteiger partial charge in [0.1, 0.15) is 0 Å². The van der Waals surface area contributed by atoms with Crippen LogP contribution < -0.4 is 5.14 Å². The molecule has 2 saturated heterocycles. The lowest BCUT2D eigenvalue weighted by molar-refractivity contribution is 0.142. The van der Waals surface area contributed by atoms with E-state index in [9.17, 15) is 21.6 Å². The molecule has 1 aromatic carbocycles. The smallest absolute Gasteiger partial charge is 0.320 e. The highest BCUT2D eigenvalue weighted by Crippen LogP contribution is 2.20. The molecule has 9 nitrogen and oxygen atoms in total. The largest absolute Gasteiger partial charge is 0.325 e. The lowest BCUT2D eigenvalue weighted by Crippen LogP contribution is -2.53. The van der Waals surface area contributed by atoms with Gasteiger partial charge in [0.25, 0.3) is 0 Å². The van der Waals surface area contributed by atoms with Crippen molar-refractivity contribution in [2.45, 2.75) is 22.6 Å². The number of hydrogen-bond donors (Lipinski definition) is 1. The quantitative estimate of drug-likeness (QED) is 0.754. The molecule has 0 aliphatic carbocycles. The first-order valence-electron chi connectivity index (χ1n) is 8.36. The van der Waals surface area contributed by atoms with Crippen molar-refractivity contribution < 1.29 is 21.6 Å². The van der Waals surface area contributed by atoms with Crippen LogP contribution in [0.3, 0.4) is 0 Å². The maximum atomic E-state index is 12.7. The Morgan fingerprint density at radius 1 is 0.769 bits per heavy atom. The molecule has 144 valence electrons. The number of amides is 2. The van der Waals surface area contributed by atoms with Crippen LogP contribution in [0.1, 0.15) is 12.8 Å². The Morgan fingerprint density at radius 2 is 1.23 bits per heavy atom. The topological polar surface area (TPSA) is 121 Å². The number of urea groups is 1. The fraction of sp³-hybridized carbons (Fsp3) is 0.533. The lowest BCUT2D eigenvalue weighted by Gasteiger charge is -2.36. The molecule has 0 unspecified atom stereocenters.